The topological polar surface area (TPSA) is 64.6 Å². The molecule has 5 nitrogen and oxygen atoms in total. The highest BCUT2D eigenvalue weighted by molar-refractivity contribution is 5.97. The molecule has 1 unspecified atom stereocenters. The maximum atomic E-state index is 12.3. The summed E-state index contributed by atoms with van der Waals surface area (Å²) in [7, 11) is 0. The van der Waals surface area contributed by atoms with Crippen molar-refractivity contribution in [2.24, 2.45) is 0 Å². The zero-order chi connectivity index (χ0) is 19.3. The predicted molar refractivity (Wildman–Crippen MR) is 102 cm³/mol. The second-order valence-corrected chi connectivity index (χ2v) is 6.55. The Kier molecular flexibility index (Phi) is 6.39. The number of rotatable bonds is 6. The number of hydrogen-bond acceptors (Lipinski definition) is 4. The number of benzene rings is 2. The summed E-state index contributed by atoms with van der Waals surface area (Å²) in [5, 5.41) is 2.80. The van der Waals surface area contributed by atoms with Crippen LogP contribution in [0.3, 0.4) is 0 Å². The molecule has 2 aromatic carbocycles. The standard InChI is InChI=1S/C21H25NO4/c1-13(2)25-18-10-8-17(9-11-18)21(24)26-16(5)20(23)22-19-12-14(3)6-7-15(19)4/h6-13,16H,1-5H3,(H,22,23). The number of carbonyl (C=O) groups excluding carboxylic acids is 2. The summed E-state index contributed by atoms with van der Waals surface area (Å²) in [5.41, 5.74) is 3.07. The molecule has 0 saturated carbocycles. The van der Waals surface area contributed by atoms with Crippen molar-refractivity contribution in [1.82, 2.24) is 0 Å². The molecule has 0 aliphatic carbocycles. The van der Waals surface area contributed by atoms with Gasteiger partial charge in [-0.15, -0.1) is 0 Å². The van der Waals surface area contributed by atoms with Crippen LogP contribution in [0.1, 0.15) is 42.3 Å². The summed E-state index contributed by atoms with van der Waals surface area (Å²) in [6.45, 7) is 9.27. The molecular weight excluding hydrogens is 330 g/mol. The van der Waals surface area contributed by atoms with Crippen molar-refractivity contribution >= 4 is 17.6 Å². The van der Waals surface area contributed by atoms with Gasteiger partial charge in [-0.05, 0) is 76.1 Å². The van der Waals surface area contributed by atoms with Gasteiger partial charge in [-0.25, -0.2) is 4.79 Å². The summed E-state index contributed by atoms with van der Waals surface area (Å²) in [4.78, 5) is 24.5. The van der Waals surface area contributed by atoms with E-state index in [1.807, 2.05) is 45.9 Å². The Labute approximate surface area is 154 Å². The van der Waals surface area contributed by atoms with Crippen molar-refractivity contribution in [3.8, 4) is 5.75 Å². The van der Waals surface area contributed by atoms with Gasteiger partial charge >= 0.3 is 5.97 Å². The van der Waals surface area contributed by atoms with Crippen molar-refractivity contribution in [3.05, 3.63) is 59.2 Å². The first kappa shape index (κ1) is 19.5. The molecule has 0 aromatic heterocycles. The van der Waals surface area contributed by atoms with E-state index in [1.54, 1.807) is 31.2 Å². The van der Waals surface area contributed by atoms with Gasteiger partial charge in [-0.3, -0.25) is 4.79 Å². The van der Waals surface area contributed by atoms with Crippen LogP contribution in [0.25, 0.3) is 0 Å². The summed E-state index contributed by atoms with van der Waals surface area (Å²) in [6, 6.07) is 12.4. The van der Waals surface area contributed by atoms with E-state index >= 15 is 0 Å². The van der Waals surface area contributed by atoms with Gasteiger partial charge < -0.3 is 14.8 Å². The third-order valence-electron chi connectivity index (χ3n) is 3.77. The van der Waals surface area contributed by atoms with E-state index in [1.165, 1.54) is 0 Å². The number of aryl methyl sites for hydroxylation is 2. The number of esters is 1. The molecule has 0 aliphatic rings. The Morgan fingerprint density at radius 3 is 2.23 bits per heavy atom. The van der Waals surface area contributed by atoms with Crippen LogP contribution in [-0.4, -0.2) is 24.1 Å². The normalized spacial score (nSPS) is 11.8. The second-order valence-electron chi connectivity index (χ2n) is 6.55. The first-order valence-corrected chi connectivity index (χ1v) is 8.62. The Morgan fingerprint density at radius 1 is 0.962 bits per heavy atom. The van der Waals surface area contributed by atoms with Crippen molar-refractivity contribution in [3.63, 3.8) is 0 Å². The van der Waals surface area contributed by atoms with Gasteiger partial charge in [0.1, 0.15) is 5.75 Å². The minimum Gasteiger partial charge on any atom is -0.491 e. The lowest BCUT2D eigenvalue weighted by Gasteiger charge is -2.15. The van der Waals surface area contributed by atoms with Crippen LogP contribution < -0.4 is 10.1 Å². The molecule has 0 heterocycles. The molecule has 0 aliphatic heterocycles. The monoisotopic (exact) mass is 355 g/mol. The van der Waals surface area contributed by atoms with E-state index in [0.29, 0.717) is 17.0 Å². The number of amides is 1. The van der Waals surface area contributed by atoms with Gasteiger partial charge in [-0.1, -0.05) is 12.1 Å². The molecule has 0 radical (unpaired) electrons. The lowest BCUT2D eigenvalue weighted by atomic mass is 10.1. The number of carbonyl (C=O) groups is 2. The van der Waals surface area contributed by atoms with Crippen molar-refractivity contribution < 1.29 is 19.1 Å². The molecule has 138 valence electrons. The maximum absolute atomic E-state index is 12.3. The van der Waals surface area contributed by atoms with Gasteiger partial charge in [0, 0.05) is 5.69 Å². The molecule has 2 rings (SSSR count). The molecule has 0 saturated heterocycles. The molecular formula is C21H25NO4. The maximum Gasteiger partial charge on any atom is 0.338 e. The third kappa shape index (κ3) is 5.34. The molecule has 0 bridgehead atoms. The zero-order valence-corrected chi connectivity index (χ0v) is 15.8. The SMILES string of the molecule is Cc1ccc(C)c(NC(=O)C(C)OC(=O)c2ccc(OC(C)C)cc2)c1. The van der Waals surface area contributed by atoms with E-state index in [0.717, 1.165) is 11.1 Å². The van der Waals surface area contributed by atoms with Crippen molar-refractivity contribution in [2.75, 3.05) is 5.32 Å². The first-order chi connectivity index (χ1) is 12.3. The summed E-state index contributed by atoms with van der Waals surface area (Å²) in [6.07, 6.45) is -0.851. The van der Waals surface area contributed by atoms with Gasteiger partial charge in [0.2, 0.25) is 0 Å². The lowest BCUT2D eigenvalue weighted by Crippen LogP contribution is -2.30. The zero-order valence-electron chi connectivity index (χ0n) is 15.8. The number of hydrogen-bond donors (Lipinski definition) is 1. The van der Waals surface area contributed by atoms with E-state index in [-0.39, 0.29) is 12.0 Å². The van der Waals surface area contributed by atoms with Crippen molar-refractivity contribution in [2.45, 2.75) is 46.8 Å². The van der Waals surface area contributed by atoms with Crippen LogP contribution in [0.5, 0.6) is 5.75 Å². The average Bonchev–Trinajstić information content (AvgIpc) is 2.58. The van der Waals surface area contributed by atoms with E-state index in [4.69, 9.17) is 9.47 Å². The highest BCUT2D eigenvalue weighted by Crippen LogP contribution is 2.18. The predicted octanol–water partition coefficient (Wildman–Crippen LogP) is 4.27. The molecule has 26 heavy (non-hydrogen) atoms. The van der Waals surface area contributed by atoms with Crippen molar-refractivity contribution in [1.29, 1.82) is 0 Å². The molecule has 0 spiro atoms. The molecule has 2 aromatic rings. The van der Waals surface area contributed by atoms with E-state index in [9.17, 15) is 9.59 Å². The van der Waals surface area contributed by atoms with Gasteiger partial charge in [-0.2, -0.15) is 0 Å². The average molecular weight is 355 g/mol. The molecule has 0 fully saturated rings. The minimum atomic E-state index is -0.908. The quantitative estimate of drug-likeness (QED) is 0.786. The number of anilines is 1. The fourth-order valence-corrected chi connectivity index (χ4v) is 2.33. The molecule has 5 heteroatoms. The lowest BCUT2D eigenvalue weighted by molar-refractivity contribution is -0.123. The fraction of sp³-hybridized carbons (Fsp3) is 0.333. The van der Waals surface area contributed by atoms with Crippen LogP contribution in [-0.2, 0) is 9.53 Å². The van der Waals surface area contributed by atoms with Gasteiger partial charge in [0.05, 0.1) is 11.7 Å². The Bertz CT molecular complexity index is 781. The van der Waals surface area contributed by atoms with Gasteiger partial charge in [0.15, 0.2) is 6.10 Å². The molecule has 1 atom stereocenters. The number of nitrogens with one attached hydrogen (secondary N) is 1. The summed E-state index contributed by atoms with van der Waals surface area (Å²) >= 11 is 0. The number of ether oxygens (including phenoxy) is 2. The fourth-order valence-electron chi connectivity index (χ4n) is 2.33. The van der Waals surface area contributed by atoms with Crippen LogP contribution in [0.15, 0.2) is 42.5 Å². The van der Waals surface area contributed by atoms with Crippen LogP contribution in [0, 0.1) is 13.8 Å². The Balaban J connectivity index is 1.97. The minimum absolute atomic E-state index is 0.0570. The van der Waals surface area contributed by atoms with Crippen LogP contribution in [0.4, 0.5) is 5.69 Å². The highest BCUT2D eigenvalue weighted by atomic mass is 16.5. The van der Waals surface area contributed by atoms with Crippen LogP contribution >= 0.6 is 0 Å². The largest absolute Gasteiger partial charge is 0.491 e. The Hall–Kier alpha value is -2.82. The highest BCUT2D eigenvalue weighted by Gasteiger charge is 2.19. The summed E-state index contributed by atoms with van der Waals surface area (Å²) in [5.74, 6) is -0.242. The smallest absolute Gasteiger partial charge is 0.338 e. The van der Waals surface area contributed by atoms with E-state index in [2.05, 4.69) is 5.32 Å². The summed E-state index contributed by atoms with van der Waals surface area (Å²) < 4.78 is 10.8. The van der Waals surface area contributed by atoms with Crippen LogP contribution in [0.2, 0.25) is 0 Å². The first-order valence-electron chi connectivity index (χ1n) is 8.62. The Morgan fingerprint density at radius 2 is 1.62 bits per heavy atom. The third-order valence-corrected chi connectivity index (χ3v) is 3.77. The van der Waals surface area contributed by atoms with Gasteiger partial charge in [0.25, 0.3) is 5.91 Å². The molecule has 1 amide bonds. The van der Waals surface area contributed by atoms with E-state index < -0.39 is 12.1 Å². The second kappa shape index (κ2) is 8.52. The molecule has 1 N–H and O–H groups in total.